The highest BCUT2D eigenvalue weighted by molar-refractivity contribution is 6.31. The number of likely N-dealkylation sites (N-methyl/N-ethyl adjacent to an activating group) is 1. The van der Waals surface area contributed by atoms with Crippen molar-refractivity contribution in [3.63, 3.8) is 0 Å². The monoisotopic (exact) mass is 271 g/mol. The highest BCUT2D eigenvalue weighted by Crippen LogP contribution is 2.22. The molecule has 0 saturated heterocycles. The first-order valence-corrected chi connectivity index (χ1v) is 5.73. The first kappa shape index (κ1) is 14.3. The molecule has 0 spiro atoms. The fourth-order valence-corrected chi connectivity index (χ4v) is 1.39. The van der Waals surface area contributed by atoms with Crippen LogP contribution in [0.1, 0.15) is 17.3 Å². The van der Waals surface area contributed by atoms with Crippen molar-refractivity contribution in [2.24, 2.45) is 0 Å². The number of rotatable bonds is 5. The van der Waals surface area contributed by atoms with Gasteiger partial charge in [0, 0.05) is 18.6 Å². The average Bonchev–Trinajstić information content (AvgIpc) is 2.35. The number of nitrogens with zero attached hydrogens (tertiary/aromatic N) is 1. The fraction of sp³-hybridized carbons (Fsp3) is 0.333. The molecule has 18 heavy (non-hydrogen) atoms. The molecule has 98 valence electrons. The van der Waals surface area contributed by atoms with E-state index in [-0.39, 0.29) is 23.8 Å². The third-order valence-corrected chi connectivity index (χ3v) is 2.66. The first-order chi connectivity index (χ1) is 8.45. The molecular formula is C12H14ClNO4. The van der Waals surface area contributed by atoms with E-state index in [1.807, 2.05) is 6.92 Å². The summed E-state index contributed by atoms with van der Waals surface area (Å²) in [5, 5.41) is 9.28. The molecule has 0 aliphatic rings. The zero-order chi connectivity index (χ0) is 13.7. The highest BCUT2D eigenvalue weighted by Gasteiger charge is 2.14. The normalized spacial score (nSPS) is 9.94. The number of amides is 1. The molecule has 0 unspecified atom stereocenters. The Hall–Kier alpha value is -1.75. The second-order valence-electron chi connectivity index (χ2n) is 3.64. The summed E-state index contributed by atoms with van der Waals surface area (Å²) in [5.41, 5.74) is -0.0607. The van der Waals surface area contributed by atoms with Crippen molar-refractivity contribution >= 4 is 23.5 Å². The smallest absolute Gasteiger partial charge is 0.339 e. The molecule has 0 saturated carbocycles. The Labute approximate surface area is 110 Å². The van der Waals surface area contributed by atoms with Crippen LogP contribution in [0.3, 0.4) is 0 Å². The van der Waals surface area contributed by atoms with Crippen LogP contribution in [0.25, 0.3) is 0 Å². The van der Waals surface area contributed by atoms with E-state index in [0.717, 1.165) is 0 Å². The zero-order valence-electron chi connectivity index (χ0n) is 10.1. The predicted molar refractivity (Wildman–Crippen MR) is 67.2 cm³/mol. The molecule has 5 nitrogen and oxygen atoms in total. The summed E-state index contributed by atoms with van der Waals surface area (Å²) in [5.74, 6) is -1.24. The van der Waals surface area contributed by atoms with Gasteiger partial charge in [-0.15, -0.1) is 0 Å². The maximum Gasteiger partial charge on any atom is 0.339 e. The van der Waals surface area contributed by atoms with Crippen LogP contribution >= 0.6 is 11.6 Å². The third-order valence-electron chi connectivity index (χ3n) is 2.42. The second-order valence-corrected chi connectivity index (χ2v) is 4.08. The van der Waals surface area contributed by atoms with Gasteiger partial charge in [-0.3, -0.25) is 4.79 Å². The van der Waals surface area contributed by atoms with Gasteiger partial charge in [0.2, 0.25) is 0 Å². The number of carbonyl (C=O) groups excluding carboxylic acids is 1. The van der Waals surface area contributed by atoms with Gasteiger partial charge in [0.15, 0.2) is 6.61 Å². The SMILES string of the molecule is CCN(C)C(=O)COc1ccc(Cl)cc1C(=O)O. The van der Waals surface area contributed by atoms with Gasteiger partial charge in [-0.2, -0.15) is 0 Å². The van der Waals surface area contributed by atoms with Gasteiger partial charge in [0.05, 0.1) is 0 Å². The molecule has 0 heterocycles. The molecule has 1 rings (SSSR count). The van der Waals surface area contributed by atoms with Crippen molar-refractivity contribution in [2.75, 3.05) is 20.2 Å². The molecule has 1 aromatic carbocycles. The van der Waals surface area contributed by atoms with Gasteiger partial charge >= 0.3 is 5.97 Å². The van der Waals surface area contributed by atoms with Crippen LogP contribution in [0, 0.1) is 0 Å². The lowest BCUT2D eigenvalue weighted by molar-refractivity contribution is -0.131. The number of halogens is 1. The molecule has 0 bridgehead atoms. The van der Waals surface area contributed by atoms with Crippen LogP contribution in [-0.4, -0.2) is 42.1 Å². The number of hydrogen-bond donors (Lipinski definition) is 1. The Morgan fingerprint density at radius 2 is 2.11 bits per heavy atom. The number of carboxylic acid groups (broad SMARTS) is 1. The Morgan fingerprint density at radius 1 is 1.44 bits per heavy atom. The van der Waals surface area contributed by atoms with Crippen molar-refractivity contribution in [1.29, 1.82) is 0 Å². The van der Waals surface area contributed by atoms with E-state index < -0.39 is 5.97 Å². The van der Waals surface area contributed by atoms with E-state index in [1.54, 1.807) is 7.05 Å². The van der Waals surface area contributed by atoms with E-state index in [4.69, 9.17) is 21.4 Å². The summed E-state index contributed by atoms with van der Waals surface area (Å²) in [4.78, 5) is 24.0. The first-order valence-electron chi connectivity index (χ1n) is 5.35. The minimum atomic E-state index is -1.15. The summed E-state index contributed by atoms with van der Waals surface area (Å²) in [6, 6.07) is 4.23. The number of carboxylic acids is 1. The van der Waals surface area contributed by atoms with E-state index >= 15 is 0 Å². The maximum atomic E-state index is 11.5. The summed E-state index contributed by atoms with van der Waals surface area (Å²) in [7, 11) is 1.64. The number of benzene rings is 1. The second kappa shape index (κ2) is 6.26. The lowest BCUT2D eigenvalue weighted by atomic mass is 10.2. The standard InChI is InChI=1S/C12H14ClNO4/c1-3-14(2)11(15)7-18-10-5-4-8(13)6-9(10)12(16)17/h4-6H,3,7H2,1-2H3,(H,16,17). The number of carbonyl (C=O) groups is 2. The van der Waals surface area contributed by atoms with Crippen molar-refractivity contribution in [3.05, 3.63) is 28.8 Å². The molecular weight excluding hydrogens is 258 g/mol. The van der Waals surface area contributed by atoms with Gasteiger partial charge < -0.3 is 14.7 Å². The van der Waals surface area contributed by atoms with Gasteiger partial charge in [-0.1, -0.05) is 11.6 Å². The van der Waals surface area contributed by atoms with Crippen molar-refractivity contribution in [1.82, 2.24) is 4.90 Å². The molecule has 6 heteroatoms. The Balaban J connectivity index is 2.79. The van der Waals surface area contributed by atoms with Crippen molar-refractivity contribution in [3.8, 4) is 5.75 Å². The summed E-state index contributed by atoms with van der Waals surface area (Å²) < 4.78 is 5.21. The molecule has 1 N–H and O–H groups in total. The molecule has 1 aromatic rings. The highest BCUT2D eigenvalue weighted by atomic mass is 35.5. The van der Waals surface area contributed by atoms with Gasteiger partial charge in [-0.05, 0) is 25.1 Å². The van der Waals surface area contributed by atoms with Crippen LogP contribution in [0.2, 0.25) is 5.02 Å². The third kappa shape index (κ3) is 3.63. The van der Waals surface area contributed by atoms with Gasteiger partial charge in [0.25, 0.3) is 5.91 Å². The molecule has 0 aliphatic carbocycles. The zero-order valence-corrected chi connectivity index (χ0v) is 10.9. The lowest BCUT2D eigenvalue weighted by Gasteiger charge is -2.15. The van der Waals surface area contributed by atoms with Crippen LogP contribution in [0.4, 0.5) is 0 Å². The summed E-state index contributed by atoms with van der Waals surface area (Å²) >= 11 is 5.70. The summed E-state index contributed by atoms with van der Waals surface area (Å²) in [6.45, 7) is 2.20. The van der Waals surface area contributed by atoms with Gasteiger partial charge in [-0.25, -0.2) is 4.79 Å². The molecule has 0 fully saturated rings. The molecule has 0 aromatic heterocycles. The van der Waals surface area contributed by atoms with Crippen LogP contribution in [-0.2, 0) is 4.79 Å². The summed E-state index contributed by atoms with van der Waals surface area (Å²) in [6.07, 6.45) is 0. The number of ether oxygens (including phenoxy) is 1. The average molecular weight is 272 g/mol. The number of aromatic carboxylic acids is 1. The Bertz CT molecular complexity index is 461. The minimum absolute atomic E-state index is 0.0607. The molecule has 0 aliphatic heterocycles. The largest absolute Gasteiger partial charge is 0.483 e. The quantitative estimate of drug-likeness (QED) is 0.888. The van der Waals surface area contributed by atoms with E-state index in [2.05, 4.69) is 0 Å². The molecule has 0 radical (unpaired) electrons. The number of hydrogen-bond acceptors (Lipinski definition) is 3. The van der Waals surface area contributed by atoms with E-state index in [9.17, 15) is 9.59 Å². The maximum absolute atomic E-state index is 11.5. The fourth-order valence-electron chi connectivity index (χ4n) is 1.22. The Morgan fingerprint density at radius 3 is 2.67 bits per heavy atom. The van der Waals surface area contributed by atoms with Crippen LogP contribution < -0.4 is 4.74 Å². The predicted octanol–water partition coefficient (Wildman–Crippen LogP) is 1.90. The Kier molecular flexibility index (Phi) is 4.97. The van der Waals surface area contributed by atoms with E-state index in [1.165, 1.54) is 23.1 Å². The lowest BCUT2D eigenvalue weighted by Crippen LogP contribution is -2.31. The minimum Gasteiger partial charge on any atom is -0.483 e. The van der Waals surface area contributed by atoms with Gasteiger partial charge in [0.1, 0.15) is 11.3 Å². The topological polar surface area (TPSA) is 66.8 Å². The van der Waals surface area contributed by atoms with E-state index in [0.29, 0.717) is 11.6 Å². The van der Waals surface area contributed by atoms with Crippen molar-refractivity contribution < 1.29 is 19.4 Å². The van der Waals surface area contributed by atoms with Crippen LogP contribution in [0.5, 0.6) is 5.75 Å². The van der Waals surface area contributed by atoms with Crippen LogP contribution in [0.15, 0.2) is 18.2 Å². The van der Waals surface area contributed by atoms with Crippen molar-refractivity contribution in [2.45, 2.75) is 6.92 Å². The molecule has 1 amide bonds. The molecule has 0 atom stereocenters.